The molecule has 3 rings (SSSR count). The number of nitrogens with one attached hydrogen (secondary N) is 1. The monoisotopic (exact) mass is 274 g/mol. The smallest absolute Gasteiger partial charge is 0.243 e. The number of hydrogen-bond donors (Lipinski definition) is 1. The highest BCUT2D eigenvalue weighted by atomic mass is 16.2. The molecule has 1 aromatic rings. The molecule has 1 aliphatic heterocycles. The van der Waals surface area contributed by atoms with Gasteiger partial charge in [-0.15, -0.1) is 0 Å². The van der Waals surface area contributed by atoms with Crippen LogP contribution in [0.4, 0.5) is 0 Å². The summed E-state index contributed by atoms with van der Waals surface area (Å²) in [6.45, 7) is 3.47. The van der Waals surface area contributed by atoms with Crippen LogP contribution in [0, 0.1) is 0 Å². The Balaban J connectivity index is 1.93. The highest BCUT2D eigenvalue weighted by molar-refractivity contribution is 5.89. The van der Waals surface area contributed by atoms with Gasteiger partial charge in [0.25, 0.3) is 0 Å². The van der Waals surface area contributed by atoms with Gasteiger partial charge in [-0.3, -0.25) is 14.3 Å². The van der Waals surface area contributed by atoms with E-state index in [1.165, 1.54) is 6.08 Å². The predicted molar refractivity (Wildman–Crippen MR) is 72.6 cm³/mol. The molecule has 0 bridgehead atoms. The summed E-state index contributed by atoms with van der Waals surface area (Å²) in [5.41, 5.74) is 0.956. The van der Waals surface area contributed by atoms with Gasteiger partial charge in [0.1, 0.15) is 0 Å². The zero-order valence-electron chi connectivity index (χ0n) is 11.5. The Hall–Kier alpha value is -2.11. The first-order valence-corrected chi connectivity index (χ1v) is 6.84. The molecule has 1 saturated heterocycles. The SMILES string of the molecule is C=CC(=O)N[C@@H]1CC(=O)N(C2CC2)[C@H]1c1ccnn1C. The van der Waals surface area contributed by atoms with Crippen LogP contribution in [0.2, 0.25) is 0 Å². The normalized spacial score (nSPS) is 25.9. The van der Waals surface area contributed by atoms with E-state index in [-0.39, 0.29) is 23.9 Å². The topological polar surface area (TPSA) is 67.2 Å². The zero-order valence-corrected chi connectivity index (χ0v) is 11.5. The molecule has 0 unspecified atom stereocenters. The van der Waals surface area contributed by atoms with Crippen LogP contribution >= 0.6 is 0 Å². The second-order valence-corrected chi connectivity index (χ2v) is 5.38. The molecule has 1 saturated carbocycles. The molecule has 2 atom stereocenters. The summed E-state index contributed by atoms with van der Waals surface area (Å²) in [6.07, 6.45) is 5.39. The highest BCUT2D eigenvalue weighted by Gasteiger charge is 2.48. The number of hydrogen-bond acceptors (Lipinski definition) is 3. The standard InChI is InChI=1S/C14H18N4O2/c1-3-12(19)16-10-8-13(20)18(9-4-5-9)14(10)11-6-7-15-17(11)2/h3,6-7,9-10,14H,1,4-5,8H2,2H3,(H,16,19)/t10-,14-/m1/s1. The molecule has 2 aliphatic rings. The number of aromatic nitrogens is 2. The van der Waals surface area contributed by atoms with Crippen molar-refractivity contribution < 1.29 is 9.59 Å². The van der Waals surface area contributed by atoms with Crippen LogP contribution < -0.4 is 5.32 Å². The fourth-order valence-electron chi connectivity index (χ4n) is 2.93. The van der Waals surface area contributed by atoms with Gasteiger partial charge in [-0.1, -0.05) is 6.58 Å². The van der Waals surface area contributed by atoms with E-state index in [0.717, 1.165) is 18.5 Å². The molecule has 0 spiro atoms. The van der Waals surface area contributed by atoms with Crippen molar-refractivity contribution in [3.8, 4) is 0 Å². The van der Waals surface area contributed by atoms with Gasteiger partial charge in [-0.25, -0.2) is 0 Å². The maximum absolute atomic E-state index is 12.3. The lowest BCUT2D eigenvalue weighted by Gasteiger charge is -2.28. The Morgan fingerprint density at radius 3 is 2.85 bits per heavy atom. The minimum absolute atomic E-state index is 0.105. The van der Waals surface area contributed by atoms with E-state index in [2.05, 4.69) is 17.0 Å². The van der Waals surface area contributed by atoms with Gasteiger partial charge < -0.3 is 10.2 Å². The second kappa shape index (κ2) is 4.77. The van der Waals surface area contributed by atoms with Gasteiger partial charge >= 0.3 is 0 Å². The summed E-state index contributed by atoms with van der Waals surface area (Å²) >= 11 is 0. The summed E-state index contributed by atoms with van der Waals surface area (Å²) in [7, 11) is 1.86. The third-order valence-electron chi connectivity index (χ3n) is 3.98. The van der Waals surface area contributed by atoms with E-state index < -0.39 is 0 Å². The number of carbonyl (C=O) groups excluding carboxylic acids is 2. The van der Waals surface area contributed by atoms with E-state index in [9.17, 15) is 9.59 Å². The molecule has 1 N–H and O–H groups in total. The molecule has 106 valence electrons. The molecule has 1 aliphatic carbocycles. The fourth-order valence-corrected chi connectivity index (χ4v) is 2.93. The number of rotatable bonds is 4. The Bertz CT molecular complexity index is 561. The van der Waals surface area contributed by atoms with Crippen LogP contribution in [0.5, 0.6) is 0 Å². The first kappa shape index (κ1) is 12.9. The molecular formula is C14H18N4O2. The van der Waals surface area contributed by atoms with Gasteiger partial charge in [0.05, 0.1) is 17.8 Å². The molecule has 0 radical (unpaired) electrons. The van der Waals surface area contributed by atoms with E-state index in [1.807, 2.05) is 18.0 Å². The Kier molecular flexibility index (Phi) is 3.08. The van der Waals surface area contributed by atoms with Crippen molar-refractivity contribution >= 4 is 11.8 Å². The van der Waals surface area contributed by atoms with Crippen molar-refractivity contribution in [3.05, 3.63) is 30.6 Å². The van der Waals surface area contributed by atoms with E-state index in [0.29, 0.717) is 12.5 Å². The number of aryl methyl sites for hydroxylation is 1. The van der Waals surface area contributed by atoms with Crippen molar-refractivity contribution in [1.29, 1.82) is 0 Å². The maximum atomic E-state index is 12.3. The lowest BCUT2D eigenvalue weighted by molar-refractivity contribution is -0.129. The third-order valence-corrected chi connectivity index (χ3v) is 3.98. The number of amides is 2. The quantitative estimate of drug-likeness (QED) is 0.814. The first-order chi connectivity index (χ1) is 9.61. The molecule has 20 heavy (non-hydrogen) atoms. The van der Waals surface area contributed by atoms with E-state index in [4.69, 9.17) is 0 Å². The van der Waals surface area contributed by atoms with Crippen molar-refractivity contribution in [1.82, 2.24) is 20.0 Å². The van der Waals surface area contributed by atoms with Crippen LogP contribution in [0.15, 0.2) is 24.9 Å². The molecule has 2 amide bonds. The Morgan fingerprint density at radius 1 is 1.55 bits per heavy atom. The number of likely N-dealkylation sites (tertiary alicyclic amines) is 1. The maximum Gasteiger partial charge on any atom is 0.243 e. The average molecular weight is 274 g/mol. The van der Waals surface area contributed by atoms with Crippen molar-refractivity contribution in [2.75, 3.05) is 0 Å². The average Bonchev–Trinajstić information content (AvgIpc) is 3.09. The highest BCUT2D eigenvalue weighted by Crippen LogP contribution is 2.41. The molecule has 1 aromatic heterocycles. The second-order valence-electron chi connectivity index (χ2n) is 5.38. The summed E-state index contributed by atoms with van der Waals surface area (Å²) in [4.78, 5) is 25.8. The number of carbonyl (C=O) groups is 2. The molecule has 2 heterocycles. The lowest BCUT2D eigenvalue weighted by atomic mass is 10.1. The van der Waals surface area contributed by atoms with Gasteiger partial charge in [0.15, 0.2) is 0 Å². The molecule has 6 nitrogen and oxygen atoms in total. The van der Waals surface area contributed by atoms with Gasteiger partial charge in [0, 0.05) is 25.7 Å². The molecular weight excluding hydrogens is 256 g/mol. The van der Waals surface area contributed by atoms with Crippen LogP contribution in [0.25, 0.3) is 0 Å². The van der Waals surface area contributed by atoms with Crippen molar-refractivity contribution in [2.24, 2.45) is 7.05 Å². The van der Waals surface area contributed by atoms with Crippen LogP contribution in [-0.2, 0) is 16.6 Å². The van der Waals surface area contributed by atoms with Gasteiger partial charge in [0.2, 0.25) is 11.8 Å². The zero-order chi connectivity index (χ0) is 14.3. The lowest BCUT2D eigenvalue weighted by Crippen LogP contribution is -2.40. The fraction of sp³-hybridized carbons (Fsp3) is 0.500. The molecule has 2 fully saturated rings. The van der Waals surface area contributed by atoms with Crippen LogP contribution in [0.3, 0.4) is 0 Å². The summed E-state index contributed by atoms with van der Waals surface area (Å²) in [5, 5.41) is 7.06. The largest absolute Gasteiger partial charge is 0.347 e. The van der Waals surface area contributed by atoms with Crippen LogP contribution in [0.1, 0.15) is 31.0 Å². The van der Waals surface area contributed by atoms with Gasteiger partial charge in [-0.05, 0) is 25.0 Å². The summed E-state index contributed by atoms with van der Waals surface area (Å²) in [5.74, 6) is -0.138. The van der Waals surface area contributed by atoms with E-state index >= 15 is 0 Å². The van der Waals surface area contributed by atoms with Crippen LogP contribution in [-0.4, -0.2) is 38.6 Å². The predicted octanol–water partition coefficient (Wildman–Crippen LogP) is 0.527. The third kappa shape index (κ3) is 2.11. The van der Waals surface area contributed by atoms with Crippen molar-refractivity contribution in [2.45, 2.75) is 37.4 Å². The van der Waals surface area contributed by atoms with Gasteiger partial charge in [-0.2, -0.15) is 5.10 Å². The molecule has 6 heteroatoms. The minimum Gasteiger partial charge on any atom is -0.347 e. The van der Waals surface area contributed by atoms with E-state index in [1.54, 1.807) is 10.9 Å². The molecule has 0 aromatic carbocycles. The first-order valence-electron chi connectivity index (χ1n) is 6.84. The minimum atomic E-state index is -0.243. The van der Waals surface area contributed by atoms with Crippen molar-refractivity contribution in [3.63, 3.8) is 0 Å². The Morgan fingerprint density at radius 2 is 2.30 bits per heavy atom. The summed E-state index contributed by atoms with van der Waals surface area (Å²) < 4.78 is 1.77. The Labute approximate surface area is 117 Å². The number of nitrogens with zero attached hydrogens (tertiary/aromatic N) is 3. The summed E-state index contributed by atoms with van der Waals surface area (Å²) in [6, 6.07) is 1.87.